The van der Waals surface area contributed by atoms with Crippen LogP contribution in [0.4, 0.5) is 5.82 Å². The minimum Gasteiger partial charge on any atom is -0.352 e. The highest BCUT2D eigenvalue weighted by molar-refractivity contribution is 5.68. The summed E-state index contributed by atoms with van der Waals surface area (Å²) in [5.74, 6) is 1.05. The zero-order valence-corrected chi connectivity index (χ0v) is 13.2. The van der Waals surface area contributed by atoms with Crippen LogP contribution in [-0.4, -0.2) is 52.2 Å². The molecule has 1 saturated heterocycles. The summed E-state index contributed by atoms with van der Waals surface area (Å²) in [4.78, 5) is 9.48. The zero-order chi connectivity index (χ0) is 15.5. The van der Waals surface area contributed by atoms with E-state index in [0.717, 1.165) is 50.5 Å². The third-order valence-electron chi connectivity index (χ3n) is 4.54. The quantitative estimate of drug-likeness (QED) is 0.739. The van der Waals surface area contributed by atoms with E-state index < -0.39 is 0 Å². The SMILES string of the molecule is c1ccc(CCN2CCN(c3nccn4nccc34)CC2)cc1. The fourth-order valence-electron chi connectivity index (χ4n) is 3.20. The van der Waals surface area contributed by atoms with Crippen molar-refractivity contribution in [2.75, 3.05) is 37.6 Å². The topological polar surface area (TPSA) is 36.7 Å². The van der Waals surface area contributed by atoms with Gasteiger partial charge in [0.1, 0.15) is 5.52 Å². The van der Waals surface area contributed by atoms with Crippen molar-refractivity contribution in [3.63, 3.8) is 0 Å². The highest BCUT2D eigenvalue weighted by Gasteiger charge is 2.19. The number of benzene rings is 1. The molecule has 0 N–H and O–H groups in total. The fourth-order valence-corrected chi connectivity index (χ4v) is 3.20. The number of piperazine rings is 1. The average Bonchev–Trinajstić information content (AvgIpc) is 3.10. The van der Waals surface area contributed by atoms with Crippen LogP contribution in [0, 0.1) is 0 Å². The standard InChI is InChI=1S/C18H21N5/c1-2-4-16(5-3-1)7-10-21-12-14-22(15-13-21)18-17-6-8-20-23(17)11-9-19-18/h1-6,8-9,11H,7,10,12-15H2. The number of hydrogen-bond acceptors (Lipinski definition) is 4. The van der Waals surface area contributed by atoms with E-state index in [0.29, 0.717) is 0 Å². The lowest BCUT2D eigenvalue weighted by Crippen LogP contribution is -2.47. The Kier molecular flexibility index (Phi) is 3.94. The van der Waals surface area contributed by atoms with Gasteiger partial charge in [0.05, 0.1) is 6.20 Å². The monoisotopic (exact) mass is 307 g/mol. The molecule has 0 unspecified atom stereocenters. The van der Waals surface area contributed by atoms with Crippen molar-refractivity contribution in [1.82, 2.24) is 19.5 Å². The van der Waals surface area contributed by atoms with E-state index in [1.807, 2.05) is 29.2 Å². The van der Waals surface area contributed by atoms with E-state index >= 15 is 0 Å². The molecule has 0 atom stereocenters. The minimum absolute atomic E-state index is 1.02. The first kappa shape index (κ1) is 14.2. The van der Waals surface area contributed by atoms with Crippen molar-refractivity contribution in [2.45, 2.75) is 6.42 Å². The summed E-state index contributed by atoms with van der Waals surface area (Å²) in [6.45, 7) is 5.34. The number of aromatic nitrogens is 3. The Labute approximate surface area is 136 Å². The van der Waals surface area contributed by atoms with Crippen LogP contribution in [0.3, 0.4) is 0 Å². The number of fused-ring (bicyclic) bond motifs is 1. The molecule has 0 aliphatic carbocycles. The maximum Gasteiger partial charge on any atom is 0.154 e. The maximum atomic E-state index is 4.57. The van der Waals surface area contributed by atoms with Gasteiger partial charge in [-0.15, -0.1) is 0 Å². The van der Waals surface area contributed by atoms with Crippen molar-refractivity contribution in [3.05, 3.63) is 60.6 Å². The number of rotatable bonds is 4. The van der Waals surface area contributed by atoms with Crippen molar-refractivity contribution < 1.29 is 0 Å². The van der Waals surface area contributed by atoms with E-state index in [9.17, 15) is 0 Å². The van der Waals surface area contributed by atoms with E-state index in [2.05, 4.69) is 50.2 Å². The van der Waals surface area contributed by atoms with Crippen LogP contribution in [0.15, 0.2) is 55.0 Å². The molecule has 0 bridgehead atoms. The molecule has 1 aliphatic heterocycles. The van der Waals surface area contributed by atoms with Gasteiger partial charge < -0.3 is 4.90 Å². The Morgan fingerprint density at radius 2 is 1.74 bits per heavy atom. The van der Waals surface area contributed by atoms with Gasteiger partial charge in [-0.3, -0.25) is 4.90 Å². The summed E-state index contributed by atoms with van der Waals surface area (Å²) < 4.78 is 1.89. The fraction of sp³-hybridized carbons (Fsp3) is 0.333. The van der Waals surface area contributed by atoms with E-state index in [1.165, 1.54) is 5.56 Å². The number of hydrogen-bond donors (Lipinski definition) is 0. The molecular formula is C18H21N5. The van der Waals surface area contributed by atoms with Gasteiger partial charge in [-0.25, -0.2) is 9.50 Å². The third-order valence-corrected chi connectivity index (χ3v) is 4.54. The van der Waals surface area contributed by atoms with Gasteiger partial charge in [-0.05, 0) is 18.1 Å². The lowest BCUT2D eigenvalue weighted by Gasteiger charge is -2.35. The van der Waals surface area contributed by atoms with Gasteiger partial charge in [0, 0.05) is 45.1 Å². The van der Waals surface area contributed by atoms with Crippen LogP contribution in [0.25, 0.3) is 5.52 Å². The van der Waals surface area contributed by atoms with Gasteiger partial charge in [0.25, 0.3) is 0 Å². The van der Waals surface area contributed by atoms with Gasteiger partial charge in [0.15, 0.2) is 5.82 Å². The van der Waals surface area contributed by atoms with E-state index in [1.54, 1.807) is 0 Å². The maximum absolute atomic E-state index is 4.57. The Balaban J connectivity index is 1.37. The van der Waals surface area contributed by atoms with Gasteiger partial charge in [-0.1, -0.05) is 30.3 Å². The average molecular weight is 307 g/mol. The molecule has 0 radical (unpaired) electrons. The first-order valence-electron chi connectivity index (χ1n) is 8.20. The molecule has 3 aromatic rings. The third kappa shape index (κ3) is 3.05. The Morgan fingerprint density at radius 1 is 0.913 bits per heavy atom. The molecule has 1 fully saturated rings. The summed E-state index contributed by atoms with van der Waals surface area (Å²) in [5, 5.41) is 4.29. The Bertz CT molecular complexity index is 759. The predicted octanol–water partition coefficient (Wildman–Crippen LogP) is 2.09. The second-order valence-corrected chi connectivity index (χ2v) is 5.98. The molecular weight excluding hydrogens is 286 g/mol. The molecule has 0 amide bonds. The summed E-state index contributed by atoms with van der Waals surface area (Å²) in [5.41, 5.74) is 2.51. The van der Waals surface area contributed by atoms with Crippen LogP contribution < -0.4 is 4.90 Å². The largest absolute Gasteiger partial charge is 0.352 e. The molecule has 0 spiro atoms. The lowest BCUT2D eigenvalue weighted by atomic mass is 10.1. The molecule has 0 saturated carbocycles. The molecule has 5 nitrogen and oxygen atoms in total. The van der Waals surface area contributed by atoms with Crippen molar-refractivity contribution in [2.24, 2.45) is 0 Å². The predicted molar refractivity (Wildman–Crippen MR) is 91.8 cm³/mol. The van der Waals surface area contributed by atoms with E-state index in [-0.39, 0.29) is 0 Å². The van der Waals surface area contributed by atoms with Gasteiger partial charge in [0.2, 0.25) is 0 Å². The smallest absolute Gasteiger partial charge is 0.154 e. The molecule has 23 heavy (non-hydrogen) atoms. The molecule has 3 heterocycles. The van der Waals surface area contributed by atoms with Crippen molar-refractivity contribution in [1.29, 1.82) is 0 Å². The highest BCUT2D eigenvalue weighted by atomic mass is 15.3. The number of anilines is 1. The molecule has 2 aromatic heterocycles. The van der Waals surface area contributed by atoms with Crippen LogP contribution >= 0.6 is 0 Å². The summed E-state index contributed by atoms with van der Waals surface area (Å²) >= 11 is 0. The summed E-state index contributed by atoms with van der Waals surface area (Å²) in [6, 6.07) is 12.8. The van der Waals surface area contributed by atoms with Crippen LogP contribution in [0.5, 0.6) is 0 Å². The molecule has 5 heteroatoms. The second kappa shape index (κ2) is 6.38. The van der Waals surface area contributed by atoms with Gasteiger partial charge >= 0.3 is 0 Å². The molecule has 1 aromatic carbocycles. The Morgan fingerprint density at radius 3 is 2.57 bits per heavy atom. The van der Waals surface area contributed by atoms with Crippen LogP contribution in [-0.2, 0) is 6.42 Å². The second-order valence-electron chi connectivity index (χ2n) is 5.98. The van der Waals surface area contributed by atoms with E-state index in [4.69, 9.17) is 0 Å². The first-order valence-corrected chi connectivity index (χ1v) is 8.20. The highest BCUT2D eigenvalue weighted by Crippen LogP contribution is 2.19. The molecule has 118 valence electrons. The summed E-state index contributed by atoms with van der Waals surface area (Å²) in [7, 11) is 0. The normalized spacial score (nSPS) is 16.1. The van der Waals surface area contributed by atoms with Crippen molar-refractivity contribution >= 4 is 11.3 Å². The Hall–Kier alpha value is -2.40. The lowest BCUT2D eigenvalue weighted by molar-refractivity contribution is 0.260. The van der Waals surface area contributed by atoms with Crippen LogP contribution in [0.1, 0.15) is 5.56 Å². The zero-order valence-electron chi connectivity index (χ0n) is 13.2. The number of nitrogens with zero attached hydrogens (tertiary/aromatic N) is 5. The summed E-state index contributed by atoms with van der Waals surface area (Å²) in [6.07, 6.45) is 6.68. The molecule has 4 rings (SSSR count). The van der Waals surface area contributed by atoms with Crippen LogP contribution in [0.2, 0.25) is 0 Å². The first-order chi connectivity index (χ1) is 11.4. The molecule has 1 aliphatic rings. The van der Waals surface area contributed by atoms with Crippen molar-refractivity contribution in [3.8, 4) is 0 Å². The van der Waals surface area contributed by atoms with Gasteiger partial charge in [-0.2, -0.15) is 5.10 Å². The minimum atomic E-state index is 1.02.